The molecule has 0 aliphatic rings. The Balaban J connectivity index is 2.39. The van der Waals surface area contributed by atoms with E-state index in [-0.39, 0.29) is 94.5 Å². The van der Waals surface area contributed by atoms with Crippen LogP contribution >= 0.6 is 0 Å². The van der Waals surface area contributed by atoms with E-state index < -0.39 is 119 Å². The highest BCUT2D eigenvalue weighted by Crippen LogP contribution is 2.16. The van der Waals surface area contributed by atoms with E-state index in [2.05, 4.69) is 47.9 Å². The molecule has 464 valence electrons. The van der Waals surface area contributed by atoms with Gasteiger partial charge in [-0.25, -0.2) is 0 Å². The van der Waals surface area contributed by atoms with Crippen molar-refractivity contribution in [2.24, 2.45) is 46.6 Å². The molecule has 10 atom stereocenters. The minimum atomic E-state index is -1.33. The summed E-state index contributed by atoms with van der Waals surface area (Å²) in [6, 6.07) is 3.86. The Hall–Kier alpha value is -7.18. The van der Waals surface area contributed by atoms with Crippen molar-refractivity contribution in [2.75, 3.05) is 19.6 Å². The largest absolute Gasteiger partial charge is 0.508 e. The second-order valence-corrected chi connectivity index (χ2v) is 22.5. The number of rotatable bonds is 39. The van der Waals surface area contributed by atoms with E-state index >= 15 is 0 Å². The van der Waals surface area contributed by atoms with Crippen LogP contribution in [0.25, 0.3) is 0 Å². The number of benzene rings is 2. The van der Waals surface area contributed by atoms with Crippen LogP contribution in [0.2, 0.25) is 0 Å². The van der Waals surface area contributed by atoms with Crippen LogP contribution in [0.15, 0.2) is 54.6 Å². The van der Waals surface area contributed by atoms with Crippen molar-refractivity contribution in [3.8, 4) is 5.75 Å². The number of hydrogen-bond acceptors (Lipinski definition) is 14. The van der Waals surface area contributed by atoms with Gasteiger partial charge in [-0.05, 0) is 105 Å². The quantitative estimate of drug-likeness (QED) is 0.0405. The van der Waals surface area contributed by atoms with Crippen LogP contribution in [0.4, 0.5) is 0 Å². The lowest BCUT2D eigenvalue weighted by Crippen LogP contribution is -2.62. The first kappa shape index (κ1) is 71.9. The standard InChI is InChI=1S/C59H97N13O11/c1-10-12-14-19-48(74)64-41(24-27-60)53(77)72-50(37(9)11-2)59(83)66-42(25-28-61)52(76)69-47(33-38-17-15-13-16-18-38)57(81)68-45(30-34(3)4)55(79)65-43(26-29-62)54(78)71-49(36(7)8)58(82)70-46(31-35(5)6)56(80)67-44(51(63)75)32-39-20-22-40(73)23-21-39/h13,15-18,20-23,34-37,41-47,49-50,73H,10-12,14,19,24-33,60-62H2,1-9H3,(H2,63,75)(H,64,74)(H,65,79)(H,66,83)(H,67,80)(H,68,81)(H,69,76)(H,70,82)(H,71,78)(H,72,77)/t37-,41-,42-,43-,44-,45-,46-,47+,49+,50-/m0/s1. The van der Waals surface area contributed by atoms with E-state index in [4.69, 9.17) is 22.9 Å². The fraction of sp³-hybridized carbons (Fsp3) is 0.627. The number of primary amides is 1. The lowest BCUT2D eigenvalue weighted by Gasteiger charge is -2.30. The molecule has 0 aliphatic carbocycles. The van der Waals surface area contributed by atoms with Gasteiger partial charge in [-0.1, -0.05) is 124 Å². The Labute approximate surface area is 489 Å². The molecular weight excluding hydrogens is 1070 g/mol. The van der Waals surface area contributed by atoms with Gasteiger partial charge >= 0.3 is 0 Å². The summed E-state index contributed by atoms with van der Waals surface area (Å²) in [4.78, 5) is 138. The highest BCUT2D eigenvalue weighted by Gasteiger charge is 2.37. The van der Waals surface area contributed by atoms with Gasteiger partial charge in [0.05, 0.1) is 0 Å². The molecule has 83 heavy (non-hydrogen) atoms. The lowest BCUT2D eigenvalue weighted by atomic mass is 9.97. The fourth-order valence-corrected chi connectivity index (χ4v) is 9.02. The number of hydrogen-bond donors (Lipinski definition) is 14. The molecule has 2 aromatic carbocycles. The van der Waals surface area contributed by atoms with Crippen LogP contribution in [0.5, 0.6) is 5.75 Å². The van der Waals surface area contributed by atoms with Gasteiger partial charge in [0, 0.05) is 19.3 Å². The average Bonchev–Trinajstić information content (AvgIpc) is 3.56. The topological polar surface area (TPSA) is 403 Å². The minimum Gasteiger partial charge on any atom is -0.508 e. The summed E-state index contributed by atoms with van der Waals surface area (Å²) < 4.78 is 0. The van der Waals surface area contributed by atoms with Gasteiger partial charge in [0.25, 0.3) is 0 Å². The molecule has 0 aliphatic heterocycles. The zero-order valence-corrected chi connectivity index (χ0v) is 50.1. The number of carbonyl (C=O) groups is 10. The van der Waals surface area contributed by atoms with Crippen LogP contribution in [0.3, 0.4) is 0 Å². The molecule has 0 spiro atoms. The van der Waals surface area contributed by atoms with Crippen LogP contribution in [-0.4, -0.2) is 138 Å². The first-order chi connectivity index (χ1) is 39.3. The van der Waals surface area contributed by atoms with E-state index in [1.54, 1.807) is 63.2 Å². The molecule has 0 unspecified atom stereocenters. The second kappa shape index (κ2) is 37.8. The number of unbranched alkanes of at least 4 members (excludes halogenated alkanes) is 2. The first-order valence-electron chi connectivity index (χ1n) is 29.2. The van der Waals surface area contributed by atoms with Gasteiger partial charge in [-0.15, -0.1) is 0 Å². The normalized spacial score (nSPS) is 14.9. The number of phenolic OH excluding ortho intramolecular Hbond substituents is 1. The molecule has 0 aromatic heterocycles. The number of carbonyl (C=O) groups excluding carboxylic acids is 10. The number of phenols is 1. The highest BCUT2D eigenvalue weighted by atomic mass is 16.3. The van der Waals surface area contributed by atoms with Crippen molar-refractivity contribution in [2.45, 2.75) is 194 Å². The van der Waals surface area contributed by atoms with Gasteiger partial charge in [-0.3, -0.25) is 47.9 Å². The molecule has 0 heterocycles. The van der Waals surface area contributed by atoms with Gasteiger partial charge in [0.2, 0.25) is 59.1 Å². The highest BCUT2D eigenvalue weighted by molar-refractivity contribution is 5.98. The molecule has 0 saturated heterocycles. The Morgan fingerprint density at radius 1 is 0.446 bits per heavy atom. The Kier molecular flexibility index (Phi) is 32.8. The maximum Gasteiger partial charge on any atom is 0.243 e. The molecule has 0 bridgehead atoms. The molecule has 0 fully saturated rings. The number of amides is 10. The first-order valence-corrected chi connectivity index (χ1v) is 29.2. The smallest absolute Gasteiger partial charge is 0.243 e. The number of aromatic hydroxyl groups is 1. The number of nitrogens with one attached hydrogen (secondary N) is 9. The molecule has 24 nitrogen and oxygen atoms in total. The van der Waals surface area contributed by atoms with E-state index in [0.717, 1.165) is 12.8 Å². The monoisotopic (exact) mass is 1160 g/mol. The third kappa shape index (κ3) is 26.3. The Morgan fingerprint density at radius 3 is 1.30 bits per heavy atom. The second-order valence-electron chi connectivity index (χ2n) is 22.5. The Morgan fingerprint density at radius 2 is 0.831 bits per heavy atom. The molecule has 2 rings (SSSR count). The maximum absolute atomic E-state index is 14.5. The molecule has 18 N–H and O–H groups in total. The average molecular weight is 1160 g/mol. The maximum atomic E-state index is 14.5. The van der Waals surface area contributed by atoms with E-state index in [9.17, 15) is 53.1 Å². The predicted octanol–water partition coefficient (Wildman–Crippen LogP) is 0.447. The third-order valence-corrected chi connectivity index (χ3v) is 14.0. The van der Waals surface area contributed by atoms with Gasteiger partial charge in [0.1, 0.15) is 60.1 Å². The summed E-state index contributed by atoms with van der Waals surface area (Å²) in [5, 5.41) is 34.2. The SMILES string of the molecule is CCCCCC(=O)N[C@@H](CCN)C(=O)N[C@H](C(=O)N[C@@H](CCN)C(=O)N[C@H](Cc1ccccc1)C(=O)N[C@@H](CC(C)C)C(=O)N[C@@H](CCN)C(=O)N[C@@H](C(=O)N[C@@H](CC(C)C)C(=O)N[C@@H](Cc1ccc(O)cc1)C(N)=O)C(C)C)[C@@H](C)CC. The molecule has 2 aromatic rings. The van der Waals surface area contributed by atoms with E-state index in [0.29, 0.717) is 24.0 Å². The van der Waals surface area contributed by atoms with Crippen molar-refractivity contribution in [1.82, 2.24) is 47.9 Å². The van der Waals surface area contributed by atoms with Crippen molar-refractivity contribution >= 4 is 59.1 Å². The summed E-state index contributed by atoms with van der Waals surface area (Å²) in [5.41, 5.74) is 24.7. The zero-order chi connectivity index (χ0) is 62.3. The van der Waals surface area contributed by atoms with Crippen LogP contribution in [-0.2, 0) is 60.8 Å². The van der Waals surface area contributed by atoms with Gasteiger partial charge < -0.3 is 75.9 Å². The number of nitrogens with two attached hydrogens (primary N) is 4. The molecule has 0 saturated carbocycles. The molecule has 0 radical (unpaired) electrons. The summed E-state index contributed by atoms with van der Waals surface area (Å²) >= 11 is 0. The molecule has 10 amide bonds. The van der Waals surface area contributed by atoms with Crippen molar-refractivity contribution in [3.05, 3.63) is 65.7 Å². The van der Waals surface area contributed by atoms with Crippen LogP contribution in [0, 0.1) is 23.7 Å². The third-order valence-electron chi connectivity index (χ3n) is 14.0. The lowest BCUT2D eigenvalue weighted by molar-refractivity contribution is -0.136. The summed E-state index contributed by atoms with van der Waals surface area (Å²) in [6.45, 7) is 16.2. The minimum absolute atomic E-state index is 0.0111. The summed E-state index contributed by atoms with van der Waals surface area (Å²) in [5.74, 6) is -8.25. The molecular formula is C59H97N13O11. The molecule has 24 heteroatoms. The van der Waals surface area contributed by atoms with Gasteiger partial charge in [0.15, 0.2) is 0 Å². The van der Waals surface area contributed by atoms with Crippen LogP contribution in [0.1, 0.15) is 138 Å². The van der Waals surface area contributed by atoms with Crippen molar-refractivity contribution in [1.29, 1.82) is 0 Å². The van der Waals surface area contributed by atoms with E-state index in [1.165, 1.54) is 12.1 Å². The van der Waals surface area contributed by atoms with Gasteiger partial charge in [-0.2, -0.15) is 0 Å². The summed E-state index contributed by atoms with van der Waals surface area (Å²) in [7, 11) is 0. The fourth-order valence-electron chi connectivity index (χ4n) is 9.02. The van der Waals surface area contributed by atoms with Crippen molar-refractivity contribution in [3.63, 3.8) is 0 Å². The Bertz CT molecular complexity index is 2390. The zero-order valence-electron chi connectivity index (χ0n) is 50.1. The van der Waals surface area contributed by atoms with Crippen molar-refractivity contribution < 1.29 is 53.1 Å². The predicted molar refractivity (Wildman–Crippen MR) is 317 cm³/mol. The van der Waals surface area contributed by atoms with E-state index in [1.807, 2.05) is 41.5 Å². The summed E-state index contributed by atoms with van der Waals surface area (Å²) in [6.07, 6.45) is 3.19. The van der Waals surface area contributed by atoms with Crippen LogP contribution < -0.4 is 70.8 Å².